The minimum absolute atomic E-state index is 0. The van der Waals surface area contributed by atoms with E-state index in [-0.39, 0.29) is 56.3 Å². The molecule has 5 heteroatoms. The third-order valence-electron chi connectivity index (χ3n) is 1.68. The summed E-state index contributed by atoms with van der Waals surface area (Å²) in [6.07, 6.45) is 0. The summed E-state index contributed by atoms with van der Waals surface area (Å²) in [6.45, 7) is 0. The smallest absolute Gasteiger partial charge is 0.544 e. The van der Waals surface area contributed by atoms with Crippen molar-refractivity contribution in [1.29, 1.82) is 0 Å². The standard InChI is InChI=1S/C9H5ClO2S.K/c10-6-2-1-5-3-8(9(11)12)13-7(5)4-6;/h1-4H,(H,11,12);/q;+1/p-1. The van der Waals surface area contributed by atoms with E-state index < -0.39 is 5.97 Å². The second-order valence-corrected chi connectivity index (χ2v) is 4.10. The van der Waals surface area contributed by atoms with Crippen molar-refractivity contribution in [3.63, 3.8) is 0 Å². The van der Waals surface area contributed by atoms with E-state index in [0.29, 0.717) is 5.02 Å². The van der Waals surface area contributed by atoms with E-state index in [2.05, 4.69) is 0 Å². The van der Waals surface area contributed by atoms with Crippen LogP contribution in [0.2, 0.25) is 5.02 Å². The van der Waals surface area contributed by atoms with Crippen molar-refractivity contribution in [3.8, 4) is 0 Å². The van der Waals surface area contributed by atoms with E-state index in [9.17, 15) is 9.90 Å². The zero-order valence-corrected chi connectivity index (χ0v) is 12.1. The molecular weight excluding hydrogens is 247 g/mol. The largest absolute Gasteiger partial charge is 1.00 e. The Morgan fingerprint density at radius 3 is 2.71 bits per heavy atom. The first-order valence-electron chi connectivity index (χ1n) is 3.57. The van der Waals surface area contributed by atoms with Crippen molar-refractivity contribution in [2.45, 2.75) is 0 Å². The predicted octanol–water partition coefficient (Wildman–Crippen LogP) is -1.08. The van der Waals surface area contributed by atoms with Crippen LogP contribution >= 0.6 is 22.9 Å². The maximum absolute atomic E-state index is 10.5. The van der Waals surface area contributed by atoms with Crippen LogP contribution in [0.1, 0.15) is 9.67 Å². The number of rotatable bonds is 1. The van der Waals surface area contributed by atoms with Crippen LogP contribution in [-0.2, 0) is 0 Å². The van der Waals surface area contributed by atoms with Gasteiger partial charge in [0.1, 0.15) is 0 Å². The van der Waals surface area contributed by atoms with Crippen LogP contribution in [0.4, 0.5) is 0 Å². The second-order valence-electron chi connectivity index (χ2n) is 2.58. The first-order chi connectivity index (χ1) is 6.16. The van der Waals surface area contributed by atoms with E-state index in [1.807, 2.05) is 0 Å². The van der Waals surface area contributed by atoms with E-state index >= 15 is 0 Å². The molecule has 0 N–H and O–H groups in total. The van der Waals surface area contributed by atoms with E-state index in [1.54, 1.807) is 24.3 Å². The number of carbonyl (C=O) groups is 1. The molecule has 2 nitrogen and oxygen atoms in total. The van der Waals surface area contributed by atoms with Crippen molar-refractivity contribution >= 4 is 39.0 Å². The molecule has 1 aromatic carbocycles. The summed E-state index contributed by atoms with van der Waals surface area (Å²) in [6, 6.07) is 6.86. The molecule has 0 unspecified atom stereocenters. The van der Waals surface area contributed by atoms with Crippen molar-refractivity contribution < 1.29 is 61.3 Å². The fourth-order valence-corrected chi connectivity index (χ4v) is 2.28. The van der Waals surface area contributed by atoms with Gasteiger partial charge in [-0.1, -0.05) is 17.7 Å². The van der Waals surface area contributed by atoms with Gasteiger partial charge in [0.2, 0.25) is 0 Å². The Kier molecular flexibility index (Phi) is 4.58. The third-order valence-corrected chi connectivity index (χ3v) is 3.00. The van der Waals surface area contributed by atoms with Gasteiger partial charge < -0.3 is 9.90 Å². The molecule has 0 saturated heterocycles. The van der Waals surface area contributed by atoms with Gasteiger partial charge in [-0.15, -0.1) is 11.3 Å². The van der Waals surface area contributed by atoms with Crippen molar-refractivity contribution in [2.75, 3.05) is 0 Å². The van der Waals surface area contributed by atoms with Crippen LogP contribution in [0, 0.1) is 0 Å². The molecule has 66 valence electrons. The number of fused-ring (bicyclic) bond motifs is 1. The number of thiophene rings is 1. The van der Waals surface area contributed by atoms with E-state index in [4.69, 9.17) is 11.6 Å². The van der Waals surface area contributed by atoms with Crippen LogP contribution in [0.5, 0.6) is 0 Å². The summed E-state index contributed by atoms with van der Waals surface area (Å²) >= 11 is 6.92. The molecule has 0 fully saturated rings. The number of carboxylic acid groups (broad SMARTS) is 1. The normalized spacial score (nSPS) is 9.79. The van der Waals surface area contributed by atoms with Gasteiger partial charge in [-0.3, -0.25) is 0 Å². The molecule has 0 spiro atoms. The first kappa shape index (κ1) is 12.6. The molecule has 1 heterocycles. The first-order valence-corrected chi connectivity index (χ1v) is 4.77. The van der Waals surface area contributed by atoms with Crippen molar-refractivity contribution in [2.24, 2.45) is 0 Å². The van der Waals surface area contributed by atoms with Crippen LogP contribution in [0.3, 0.4) is 0 Å². The summed E-state index contributed by atoms with van der Waals surface area (Å²) in [4.78, 5) is 10.8. The van der Waals surface area contributed by atoms with Crippen LogP contribution in [-0.4, -0.2) is 5.97 Å². The Morgan fingerprint density at radius 2 is 2.07 bits per heavy atom. The summed E-state index contributed by atoms with van der Waals surface area (Å²) in [5.74, 6) is -1.14. The molecule has 0 aliphatic rings. The van der Waals surface area contributed by atoms with Gasteiger partial charge in [0.05, 0.1) is 10.8 Å². The summed E-state index contributed by atoms with van der Waals surface area (Å²) < 4.78 is 0.867. The molecule has 0 saturated carbocycles. The summed E-state index contributed by atoms with van der Waals surface area (Å²) in [5.41, 5.74) is 0. The van der Waals surface area contributed by atoms with E-state index in [1.165, 1.54) is 11.3 Å². The Morgan fingerprint density at radius 1 is 1.36 bits per heavy atom. The van der Waals surface area contributed by atoms with Gasteiger partial charge in [0.25, 0.3) is 0 Å². The van der Waals surface area contributed by atoms with Gasteiger partial charge >= 0.3 is 51.4 Å². The van der Waals surface area contributed by atoms with Crippen molar-refractivity contribution in [1.82, 2.24) is 0 Å². The Balaban J connectivity index is 0.000000980. The van der Waals surface area contributed by atoms with Gasteiger partial charge in [0, 0.05) is 9.72 Å². The maximum Gasteiger partial charge on any atom is 1.00 e. The SMILES string of the molecule is O=C([O-])c1cc2ccc(Cl)cc2s1.[K+]. The summed E-state index contributed by atoms with van der Waals surface area (Å²) in [7, 11) is 0. The third kappa shape index (κ3) is 2.58. The molecule has 0 aliphatic carbocycles. The predicted molar refractivity (Wildman–Crippen MR) is 51.2 cm³/mol. The molecule has 0 atom stereocenters. The minimum Gasteiger partial charge on any atom is -0.544 e. The molecule has 0 aliphatic heterocycles. The fraction of sp³-hybridized carbons (Fsp3) is 0. The van der Waals surface area contributed by atoms with Gasteiger partial charge in [-0.25, -0.2) is 0 Å². The van der Waals surface area contributed by atoms with Crippen LogP contribution in [0.25, 0.3) is 10.1 Å². The quantitative estimate of drug-likeness (QED) is 0.605. The number of halogens is 1. The number of aromatic carboxylic acids is 1. The van der Waals surface area contributed by atoms with Gasteiger partial charge in [-0.2, -0.15) is 0 Å². The minimum atomic E-state index is -1.14. The maximum atomic E-state index is 10.5. The Labute approximate surface area is 132 Å². The average molecular weight is 251 g/mol. The number of hydrogen-bond acceptors (Lipinski definition) is 3. The number of hydrogen-bond donors (Lipinski definition) is 0. The summed E-state index contributed by atoms with van der Waals surface area (Å²) in [5, 5.41) is 12.0. The van der Waals surface area contributed by atoms with Gasteiger partial charge in [-0.05, 0) is 23.6 Å². The number of benzene rings is 1. The number of carbonyl (C=O) groups excluding carboxylic acids is 1. The van der Waals surface area contributed by atoms with Gasteiger partial charge in [0.15, 0.2) is 0 Å². The Hall–Kier alpha value is 0.576. The van der Waals surface area contributed by atoms with Crippen LogP contribution < -0.4 is 56.5 Å². The van der Waals surface area contributed by atoms with Crippen molar-refractivity contribution in [3.05, 3.63) is 34.2 Å². The van der Waals surface area contributed by atoms with Crippen LogP contribution in [0.15, 0.2) is 24.3 Å². The molecule has 2 rings (SSSR count). The molecule has 1 aromatic heterocycles. The molecule has 2 aromatic rings. The molecule has 0 amide bonds. The second kappa shape index (κ2) is 5.07. The average Bonchev–Trinajstić information content (AvgIpc) is 2.46. The topological polar surface area (TPSA) is 40.1 Å². The molecule has 14 heavy (non-hydrogen) atoms. The monoisotopic (exact) mass is 250 g/mol. The molecular formula is C9H4ClKO2S. The number of carboxylic acids is 1. The molecule has 0 bridgehead atoms. The zero-order valence-electron chi connectivity index (χ0n) is 7.41. The molecule has 0 radical (unpaired) electrons. The Bertz CT molecular complexity index is 481. The zero-order chi connectivity index (χ0) is 9.42. The van der Waals surface area contributed by atoms with E-state index in [0.717, 1.165) is 10.1 Å². The fourth-order valence-electron chi connectivity index (χ4n) is 1.11.